The first-order valence-electron chi connectivity index (χ1n) is 9.10. The van der Waals surface area contributed by atoms with Crippen LogP contribution in [0, 0.1) is 0 Å². The molecule has 1 aromatic carbocycles. The Labute approximate surface area is 162 Å². The maximum atomic E-state index is 12.5. The van der Waals surface area contributed by atoms with Crippen LogP contribution in [0.4, 0.5) is 11.4 Å². The molecule has 0 aliphatic carbocycles. The summed E-state index contributed by atoms with van der Waals surface area (Å²) in [6, 6.07) is 14.5. The number of carbonyl (C=O) groups excluding carboxylic acids is 2. The van der Waals surface area contributed by atoms with Crippen LogP contribution in [0.2, 0.25) is 0 Å². The highest BCUT2D eigenvalue weighted by Crippen LogP contribution is 2.19. The quantitative estimate of drug-likeness (QED) is 0.757. The van der Waals surface area contributed by atoms with Crippen LogP contribution in [0.15, 0.2) is 71.6 Å². The number of nitrogens with one attached hydrogen (secondary N) is 1. The van der Waals surface area contributed by atoms with Crippen LogP contribution in [0.3, 0.4) is 0 Å². The van der Waals surface area contributed by atoms with E-state index >= 15 is 0 Å². The largest absolute Gasteiger partial charge is 0.459 e. The normalized spacial score (nSPS) is 14.0. The SMILES string of the molecule is O=C(Nc1ccccc1)c1cncc(N2CCN(C(=O)c3ccco3)CC2)c1. The van der Waals surface area contributed by atoms with Crippen molar-refractivity contribution in [3.05, 3.63) is 78.5 Å². The van der Waals surface area contributed by atoms with Gasteiger partial charge in [-0.1, -0.05) is 18.2 Å². The van der Waals surface area contributed by atoms with Gasteiger partial charge < -0.3 is 19.5 Å². The number of pyridine rings is 1. The van der Waals surface area contributed by atoms with Crippen LogP contribution in [-0.4, -0.2) is 47.9 Å². The second-order valence-electron chi connectivity index (χ2n) is 6.51. The van der Waals surface area contributed by atoms with Crippen molar-refractivity contribution in [3.63, 3.8) is 0 Å². The number of anilines is 2. The van der Waals surface area contributed by atoms with Gasteiger partial charge in [-0.2, -0.15) is 0 Å². The second-order valence-corrected chi connectivity index (χ2v) is 6.51. The molecule has 1 N–H and O–H groups in total. The molecule has 1 aliphatic rings. The van der Waals surface area contributed by atoms with Crippen LogP contribution in [0.5, 0.6) is 0 Å². The number of aromatic nitrogens is 1. The Morgan fingerprint density at radius 1 is 0.964 bits per heavy atom. The molecule has 0 bridgehead atoms. The van der Waals surface area contributed by atoms with Crippen molar-refractivity contribution >= 4 is 23.2 Å². The van der Waals surface area contributed by atoms with Crippen molar-refractivity contribution in [2.45, 2.75) is 0 Å². The van der Waals surface area contributed by atoms with Crippen LogP contribution in [-0.2, 0) is 0 Å². The molecule has 7 heteroatoms. The second kappa shape index (κ2) is 7.96. The van der Waals surface area contributed by atoms with Gasteiger partial charge in [-0.05, 0) is 30.3 Å². The van der Waals surface area contributed by atoms with E-state index in [0.717, 1.165) is 11.4 Å². The summed E-state index contributed by atoms with van der Waals surface area (Å²) in [5.74, 6) is 0.0562. The Bertz CT molecular complexity index is 949. The fourth-order valence-electron chi connectivity index (χ4n) is 3.17. The zero-order valence-corrected chi connectivity index (χ0v) is 15.2. The predicted octanol–water partition coefficient (Wildman–Crippen LogP) is 2.89. The summed E-state index contributed by atoms with van der Waals surface area (Å²) in [7, 11) is 0. The Kier molecular flexibility index (Phi) is 5.05. The predicted molar refractivity (Wildman–Crippen MR) is 105 cm³/mol. The van der Waals surface area contributed by atoms with E-state index in [2.05, 4.69) is 15.2 Å². The molecule has 1 aliphatic heterocycles. The Hall–Kier alpha value is -3.61. The van der Waals surface area contributed by atoms with Gasteiger partial charge in [-0.15, -0.1) is 0 Å². The van der Waals surface area contributed by atoms with Crippen molar-refractivity contribution in [1.29, 1.82) is 0 Å². The fourth-order valence-corrected chi connectivity index (χ4v) is 3.17. The lowest BCUT2D eigenvalue weighted by atomic mass is 10.2. The molecule has 1 saturated heterocycles. The third-order valence-corrected chi connectivity index (χ3v) is 4.68. The first-order valence-corrected chi connectivity index (χ1v) is 9.10. The maximum absolute atomic E-state index is 12.5. The van der Waals surface area contributed by atoms with Crippen LogP contribution in [0.1, 0.15) is 20.9 Å². The molecule has 0 atom stereocenters. The molecule has 0 unspecified atom stereocenters. The van der Waals surface area contributed by atoms with Gasteiger partial charge in [-0.25, -0.2) is 0 Å². The third-order valence-electron chi connectivity index (χ3n) is 4.68. The first-order chi connectivity index (χ1) is 13.7. The topological polar surface area (TPSA) is 78.7 Å². The van der Waals surface area contributed by atoms with Crippen LogP contribution >= 0.6 is 0 Å². The highest BCUT2D eigenvalue weighted by molar-refractivity contribution is 6.04. The van der Waals surface area contributed by atoms with E-state index in [9.17, 15) is 9.59 Å². The molecule has 0 spiro atoms. The van der Waals surface area contributed by atoms with Gasteiger partial charge in [0.05, 0.1) is 23.7 Å². The average Bonchev–Trinajstić information content (AvgIpc) is 3.29. The van der Waals surface area contributed by atoms with Crippen molar-refractivity contribution in [3.8, 4) is 0 Å². The van der Waals surface area contributed by atoms with E-state index in [0.29, 0.717) is 37.5 Å². The lowest BCUT2D eigenvalue weighted by Gasteiger charge is -2.35. The number of furan rings is 1. The summed E-state index contributed by atoms with van der Waals surface area (Å²) in [6.07, 6.45) is 4.79. The Morgan fingerprint density at radius 3 is 2.46 bits per heavy atom. The number of benzene rings is 1. The van der Waals surface area contributed by atoms with Gasteiger partial charge >= 0.3 is 0 Å². The number of hydrogen-bond acceptors (Lipinski definition) is 5. The first kappa shape index (κ1) is 17.8. The van der Waals surface area contributed by atoms with Crippen molar-refractivity contribution in [1.82, 2.24) is 9.88 Å². The number of carbonyl (C=O) groups is 2. The number of para-hydroxylation sites is 1. The fraction of sp³-hybridized carbons (Fsp3) is 0.190. The van der Waals surface area contributed by atoms with Crippen LogP contribution < -0.4 is 10.2 Å². The maximum Gasteiger partial charge on any atom is 0.289 e. The molecule has 2 amide bonds. The zero-order chi connectivity index (χ0) is 19.3. The van der Waals surface area contributed by atoms with Gasteiger partial charge in [-0.3, -0.25) is 14.6 Å². The summed E-state index contributed by atoms with van der Waals surface area (Å²) in [6.45, 7) is 2.50. The molecule has 142 valence electrons. The molecule has 2 aromatic heterocycles. The van der Waals surface area contributed by atoms with E-state index < -0.39 is 0 Å². The van der Waals surface area contributed by atoms with Crippen LogP contribution in [0.25, 0.3) is 0 Å². The lowest BCUT2D eigenvalue weighted by molar-refractivity contribution is 0.0714. The summed E-state index contributed by atoms with van der Waals surface area (Å²) < 4.78 is 5.19. The van der Waals surface area contributed by atoms with Crippen molar-refractivity contribution < 1.29 is 14.0 Å². The number of rotatable bonds is 4. The molecule has 28 heavy (non-hydrogen) atoms. The van der Waals surface area contributed by atoms with Gasteiger partial charge in [0.1, 0.15) is 0 Å². The Balaban J connectivity index is 1.40. The monoisotopic (exact) mass is 376 g/mol. The van der Waals surface area contributed by atoms with E-state index in [4.69, 9.17) is 4.42 Å². The van der Waals surface area contributed by atoms with Crippen molar-refractivity contribution in [2.24, 2.45) is 0 Å². The summed E-state index contributed by atoms with van der Waals surface area (Å²) >= 11 is 0. The lowest BCUT2D eigenvalue weighted by Crippen LogP contribution is -2.48. The van der Waals surface area contributed by atoms with E-state index in [1.807, 2.05) is 36.4 Å². The van der Waals surface area contributed by atoms with Gasteiger partial charge in [0.15, 0.2) is 5.76 Å². The van der Waals surface area contributed by atoms with E-state index in [1.54, 1.807) is 29.4 Å². The van der Waals surface area contributed by atoms with Crippen molar-refractivity contribution in [2.75, 3.05) is 36.4 Å². The molecule has 0 saturated carbocycles. The molecular weight excluding hydrogens is 356 g/mol. The van der Waals surface area contributed by atoms with E-state index in [1.165, 1.54) is 6.26 Å². The van der Waals surface area contributed by atoms with E-state index in [-0.39, 0.29) is 11.8 Å². The third kappa shape index (κ3) is 3.88. The minimum atomic E-state index is -0.202. The minimum Gasteiger partial charge on any atom is -0.459 e. The van der Waals surface area contributed by atoms with Gasteiger partial charge in [0.2, 0.25) is 0 Å². The molecule has 3 aromatic rings. The molecule has 0 radical (unpaired) electrons. The number of nitrogens with zero attached hydrogens (tertiary/aromatic N) is 3. The standard InChI is InChI=1S/C21H20N4O3/c26-20(23-17-5-2-1-3-6-17)16-13-18(15-22-14-16)24-8-10-25(11-9-24)21(27)19-7-4-12-28-19/h1-7,12-15H,8-11H2,(H,23,26). The molecule has 1 fully saturated rings. The molecule has 3 heterocycles. The average molecular weight is 376 g/mol. The zero-order valence-electron chi connectivity index (χ0n) is 15.2. The highest BCUT2D eigenvalue weighted by atomic mass is 16.3. The summed E-state index contributed by atoms with van der Waals surface area (Å²) in [5.41, 5.74) is 2.10. The number of amides is 2. The number of hydrogen-bond donors (Lipinski definition) is 1. The molecule has 4 rings (SSSR count). The van der Waals surface area contributed by atoms with Gasteiger partial charge in [0.25, 0.3) is 11.8 Å². The minimum absolute atomic E-state index is 0.0984. The Morgan fingerprint density at radius 2 is 1.75 bits per heavy atom. The smallest absolute Gasteiger partial charge is 0.289 e. The molecule has 7 nitrogen and oxygen atoms in total. The summed E-state index contributed by atoms with van der Waals surface area (Å²) in [5, 5.41) is 2.87. The summed E-state index contributed by atoms with van der Waals surface area (Å²) in [4.78, 5) is 33.0. The molecular formula is C21H20N4O3. The number of piperazine rings is 1. The van der Waals surface area contributed by atoms with Gasteiger partial charge in [0, 0.05) is 38.1 Å². The highest BCUT2D eigenvalue weighted by Gasteiger charge is 2.24.